The van der Waals surface area contributed by atoms with E-state index in [2.05, 4.69) is 38.1 Å². The van der Waals surface area contributed by atoms with Crippen molar-refractivity contribution in [2.75, 3.05) is 0 Å². The Kier molecular flexibility index (Phi) is 4.57. The first-order chi connectivity index (χ1) is 8.96. The maximum atomic E-state index is 6.43. The minimum absolute atomic E-state index is 0.487. The zero-order chi connectivity index (χ0) is 14.0. The number of rotatable bonds is 5. The second kappa shape index (κ2) is 5.84. The van der Waals surface area contributed by atoms with Gasteiger partial charge in [-0.1, -0.05) is 32.4 Å². The first-order valence-corrected chi connectivity index (χ1v) is 7.82. The van der Waals surface area contributed by atoms with Crippen molar-refractivity contribution in [2.24, 2.45) is 5.41 Å². The molecule has 1 aliphatic rings. The Balaban J connectivity index is 2.01. The molecule has 1 aromatic heterocycles. The number of aryl methyl sites for hydroxylation is 2. The van der Waals surface area contributed by atoms with Crippen molar-refractivity contribution in [3.05, 3.63) is 16.4 Å². The standard InChI is InChI=1S/C15H26ClN3/c1-5-12-14(16)13(19(6-2)18-12)10-17-11-7-8-15(3,4)9-11/h11,17H,5-10H2,1-4H3. The molecule has 4 heteroatoms. The smallest absolute Gasteiger partial charge is 0.0863 e. The predicted molar refractivity (Wildman–Crippen MR) is 80.5 cm³/mol. The van der Waals surface area contributed by atoms with E-state index < -0.39 is 0 Å². The van der Waals surface area contributed by atoms with Crippen molar-refractivity contribution < 1.29 is 0 Å². The molecule has 108 valence electrons. The molecule has 1 saturated carbocycles. The van der Waals surface area contributed by atoms with Gasteiger partial charge in [-0.25, -0.2) is 0 Å². The summed E-state index contributed by atoms with van der Waals surface area (Å²) < 4.78 is 2.04. The van der Waals surface area contributed by atoms with E-state index in [1.54, 1.807) is 0 Å². The van der Waals surface area contributed by atoms with Crippen molar-refractivity contribution in [1.29, 1.82) is 0 Å². The molecule has 0 amide bonds. The van der Waals surface area contributed by atoms with Crippen LogP contribution in [0.15, 0.2) is 0 Å². The highest BCUT2D eigenvalue weighted by molar-refractivity contribution is 6.31. The van der Waals surface area contributed by atoms with Crippen LogP contribution in [0, 0.1) is 5.41 Å². The maximum absolute atomic E-state index is 6.43. The van der Waals surface area contributed by atoms with Gasteiger partial charge in [0.1, 0.15) is 0 Å². The van der Waals surface area contributed by atoms with Gasteiger partial charge in [-0.3, -0.25) is 4.68 Å². The van der Waals surface area contributed by atoms with Crippen LogP contribution in [-0.4, -0.2) is 15.8 Å². The summed E-state index contributed by atoms with van der Waals surface area (Å²) in [5.41, 5.74) is 2.65. The van der Waals surface area contributed by atoms with Crippen molar-refractivity contribution in [2.45, 2.75) is 72.5 Å². The van der Waals surface area contributed by atoms with Crippen molar-refractivity contribution in [3.8, 4) is 0 Å². The number of hydrogen-bond acceptors (Lipinski definition) is 2. The third-order valence-corrected chi connectivity index (χ3v) is 4.66. The molecule has 19 heavy (non-hydrogen) atoms. The molecule has 1 aromatic rings. The third kappa shape index (κ3) is 3.32. The van der Waals surface area contributed by atoms with Crippen molar-refractivity contribution in [1.82, 2.24) is 15.1 Å². The number of halogens is 1. The molecular formula is C15H26ClN3. The second-order valence-corrected chi connectivity index (χ2v) is 6.74. The largest absolute Gasteiger partial charge is 0.308 e. The van der Waals surface area contributed by atoms with Gasteiger partial charge in [-0.15, -0.1) is 0 Å². The lowest BCUT2D eigenvalue weighted by atomic mass is 9.92. The first-order valence-electron chi connectivity index (χ1n) is 7.44. The highest BCUT2D eigenvalue weighted by Crippen LogP contribution is 2.37. The summed E-state index contributed by atoms with van der Waals surface area (Å²) in [5.74, 6) is 0. The topological polar surface area (TPSA) is 29.9 Å². The lowest BCUT2D eigenvalue weighted by Gasteiger charge is -2.18. The minimum Gasteiger partial charge on any atom is -0.308 e. The Labute approximate surface area is 121 Å². The highest BCUT2D eigenvalue weighted by Gasteiger charge is 2.30. The Morgan fingerprint density at radius 2 is 2.16 bits per heavy atom. The van der Waals surface area contributed by atoms with E-state index in [-0.39, 0.29) is 0 Å². The van der Waals surface area contributed by atoms with Crippen LogP contribution >= 0.6 is 11.6 Å². The van der Waals surface area contributed by atoms with Gasteiger partial charge in [0, 0.05) is 19.1 Å². The summed E-state index contributed by atoms with van der Waals surface area (Å²) >= 11 is 6.43. The average Bonchev–Trinajstić information content (AvgIpc) is 2.87. The van der Waals surface area contributed by atoms with Gasteiger partial charge in [0.05, 0.1) is 16.4 Å². The summed E-state index contributed by atoms with van der Waals surface area (Å²) in [7, 11) is 0. The summed E-state index contributed by atoms with van der Waals surface area (Å²) in [5, 5.41) is 9.08. The highest BCUT2D eigenvalue weighted by atomic mass is 35.5. The van der Waals surface area contributed by atoms with Crippen molar-refractivity contribution >= 4 is 11.6 Å². The fraction of sp³-hybridized carbons (Fsp3) is 0.800. The monoisotopic (exact) mass is 283 g/mol. The molecule has 0 aliphatic heterocycles. The van der Waals surface area contributed by atoms with Gasteiger partial charge in [0.15, 0.2) is 0 Å². The number of hydrogen-bond donors (Lipinski definition) is 1. The fourth-order valence-corrected chi connectivity index (χ4v) is 3.37. The Morgan fingerprint density at radius 1 is 1.42 bits per heavy atom. The van der Waals surface area contributed by atoms with Gasteiger partial charge in [0.2, 0.25) is 0 Å². The molecule has 0 spiro atoms. The molecule has 1 N–H and O–H groups in total. The van der Waals surface area contributed by atoms with Crippen LogP contribution < -0.4 is 5.32 Å². The summed E-state index contributed by atoms with van der Waals surface area (Å²) in [6, 6.07) is 0.622. The minimum atomic E-state index is 0.487. The summed E-state index contributed by atoms with van der Waals surface area (Å²) in [6.45, 7) is 10.6. The van der Waals surface area contributed by atoms with E-state index in [4.69, 9.17) is 11.6 Å². The number of aromatic nitrogens is 2. The van der Waals surface area contributed by atoms with Crippen LogP contribution in [0.5, 0.6) is 0 Å². The van der Waals surface area contributed by atoms with E-state index in [0.717, 1.165) is 35.9 Å². The van der Waals surface area contributed by atoms with Gasteiger partial charge in [-0.05, 0) is 38.0 Å². The average molecular weight is 284 g/mol. The zero-order valence-corrected chi connectivity index (χ0v) is 13.3. The molecule has 2 rings (SSSR count). The molecular weight excluding hydrogens is 258 g/mol. The van der Waals surface area contributed by atoms with Crippen LogP contribution in [0.4, 0.5) is 0 Å². The van der Waals surface area contributed by atoms with Gasteiger partial charge in [0.25, 0.3) is 0 Å². The zero-order valence-electron chi connectivity index (χ0n) is 12.6. The molecule has 0 bridgehead atoms. The van der Waals surface area contributed by atoms with E-state index >= 15 is 0 Å². The molecule has 3 nitrogen and oxygen atoms in total. The molecule has 1 aliphatic carbocycles. The quantitative estimate of drug-likeness (QED) is 0.891. The molecule has 0 aromatic carbocycles. The fourth-order valence-electron chi connectivity index (χ4n) is 3.04. The van der Waals surface area contributed by atoms with E-state index in [1.165, 1.54) is 19.3 Å². The van der Waals surface area contributed by atoms with E-state index in [9.17, 15) is 0 Å². The van der Waals surface area contributed by atoms with Crippen molar-refractivity contribution in [3.63, 3.8) is 0 Å². The summed E-state index contributed by atoms with van der Waals surface area (Å²) in [6.07, 6.45) is 4.73. The van der Waals surface area contributed by atoms with Gasteiger partial charge < -0.3 is 5.32 Å². The van der Waals surface area contributed by atoms with Crippen LogP contribution in [0.3, 0.4) is 0 Å². The lowest BCUT2D eigenvalue weighted by molar-refractivity contribution is 0.363. The Morgan fingerprint density at radius 3 is 2.68 bits per heavy atom. The second-order valence-electron chi connectivity index (χ2n) is 6.36. The summed E-state index contributed by atoms with van der Waals surface area (Å²) in [4.78, 5) is 0. The van der Waals surface area contributed by atoms with Gasteiger partial charge >= 0.3 is 0 Å². The molecule has 1 heterocycles. The Bertz CT molecular complexity index is 437. The lowest BCUT2D eigenvalue weighted by Crippen LogP contribution is -2.28. The molecule has 1 atom stereocenters. The predicted octanol–water partition coefficient (Wildman–Crippen LogP) is 3.79. The van der Waals surface area contributed by atoms with Crippen LogP contribution in [-0.2, 0) is 19.5 Å². The van der Waals surface area contributed by atoms with E-state index in [0.29, 0.717) is 11.5 Å². The molecule has 1 fully saturated rings. The van der Waals surface area contributed by atoms with Crippen LogP contribution in [0.25, 0.3) is 0 Å². The molecule has 1 unspecified atom stereocenters. The van der Waals surface area contributed by atoms with Crippen LogP contribution in [0.2, 0.25) is 5.02 Å². The SMILES string of the molecule is CCc1nn(CC)c(CNC2CCC(C)(C)C2)c1Cl. The number of nitrogens with zero attached hydrogens (tertiary/aromatic N) is 2. The normalized spacial score (nSPS) is 22.1. The molecule has 0 saturated heterocycles. The first kappa shape index (κ1) is 14.9. The third-order valence-electron chi connectivity index (χ3n) is 4.22. The van der Waals surface area contributed by atoms with E-state index in [1.807, 2.05) is 4.68 Å². The van der Waals surface area contributed by atoms with Gasteiger partial charge in [-0.2, -0.15) is 5.10 Å². The number of nitrogens with one attached hydrogen (secondary N) is 1. The van der Waals surface area contributed by atoms with Crippen LogP contribution in [0.1, 0.15) is 58.3 Å². The molecule has 0 radical (unpaired) electrons. The maximum Gasteiger partial charge on any atom is 0.0863 e. The Hall–Kier alpha value is -0.540.